The second-order valence-corrected chi connectivity index (χ2v) is 9.32. The van der Waals surface area contributed by atoms with Gasteiger partial charge in [0.05, 0.1) is 13.7 Å². The van der Waals surface area contributed by atoms with E-state index in [-0.39, 0.29) is 12.0 Å². The molecule has 0 saturated carbocycles. The zero-order chi connectivity index (χ0) is 22.9. The lowest BCUT2D eigenvalue weighted by Gasteiger charge is -2.34. The average molecular weight is 448 g/mol. The standard InChI is InChI=1S/C25H41N3O4/c1-19(2)28-12-9-22(10-13-28)32-24-16-21(7-8-23(24)31-4)25(29)26-17-20-6-5-11-27(18-20)14-15-30-3/h7-8,16,19-20,22H,5-6,9-15,17-18H2,1-4H3,(H,26,29). The van der Waals surface area contributed by atoms with Gasteiger partial charge in [-0.1, -0.05) is 0 Å². The number of hydrogen-bond donors (Lipinski definition) is 1. The number of nitrogens with zero attached hydrogens (tertiary/aromatic N) is 2. The highest BCUT2D eigenvalue weighted by atomic mass is 16.5. The first-order valence-corrected chi connectivity index (χ1v) is 12.1. The van der Waals surface area contributed by atoms with Crippen LogP contribution in [0.5, 0.6) is 11.5 Å². The number of carbonyl (C=O) groups is 1. The lowest BCUT2D eigenvalue weighted by atomic mass is 9.98. The monoisotopic (exact) mass is 447 g/mol. The Morgan fingerprint density at radius 2 is 1.91 bits per heavy atom. The van der Waals surface area contributed by atoms with Crippen molar-refractivity contribution in [3.8, 4) is 11.5 Å². The van der Waals surface area contributed by atoms with Gasteiger partial charge in [0, 0.05) is 51.4 Å². The zero-order valence-electron chi connectivity index (χ0n) is 20.3. The number of piperidine rings is 2. The van der Waals surface area contributed by atoms with Crippen molar-refractivity contribution in [2.45, 2.75) is 51.7 Å². The van der Waals surface area contributed by atoms with Gasteiger partial charge in [0.15, 0.2) is 11.5 Å². The Kier molecular flexibility index (Phi) is 9.63. The van der Waals surface area contributed by atoms with Gasteiger partial charge >= 0.3 is 0 Å². The summed E-state index contributed by atoms with van der Waals surface area (Å²) in [4.78, 5) is 17.8. The predicted octanol–water partition coefficient (Wildman–Crippen LogP) is 3.04. The molecule has 2 aliphatic heterocycles. The van der Waals surface area contributed by atoms with Crippen molar-refractivity contribution < 1.29 is 19.0 Å². The van der Waals surface area contributed by atoms with Gasteiger partial charge in [-0.3, -0.25) is 4.79 Å². The molecule has 0 radical (unpaired) electrons. The highest BCUT2D eigenvalue weighted by molar-refractivity contribution is 5.94. The molecule has 180 valence electrons. The van der Waals surface area contributed by atoms with Crippen molar-refractivity contribution in [1.29, 1.82) is 0 Å². The molecular formula is C25H41N3O4. The molecule has 7 heteroatoms. The first-order valence-electron chi connectivity index (χ1n) is 12.1. The molecule has 1 atom stereocenters. The SMILES string of the molecule is COCCN1CCCC(CNC(=O)c2ccc(OC)c(OC3CCN(C(C)C)CC3)c2)C1. The molecule has 2 saturated heterocycles. The fraction of sp³-hybridized carbons (Fsp3) is 0.720. The molecule has 3 rings (SSSR count). The van der Waals surface area contributed by atoms with Crippen molar-refractivity contribution in [2.24, 2.45) is 5.92 Å². The van der Waals surface area contributed by atoms with E-state index in [0.29, 0.717) is 35.6 Å². The molecule has 1 aromatic rings. The number of rotatable bonds is 10. The Hall–Kier alpha value is -1.83. The zero-order valence-corrected chi connectivity index (χ0v) is 20.3. The summed E-state index contributed by atoms with van der Waals surface area (Å²) in [7, 11) is 3.38. The van der Waals surface area contributed by atoms with Gasteiger partial charge in [-0.15, -0.1) is 0 Å². The molecular weight excluding hydrogens is 406 g/mol. The number of methoxy groups -OCH3 is 2. The maximum atomic E-state index is 12.9. The van der Waals surface area contributed by atoms with Gasteiger partial charge < -0.3 is 29.3 Å². The van der Waals surface area contributed by atoms with Crippen LogP contribution in [0.4, 0.5) is 0 Å². The van der Waals surface area contributed by atoms with Crippen LogP contribution >= 0.6 is 0 Å². The van der Waals surface area contributed by atoms with Gasteiger partial charge in [0.2, 0.25) is 0 Å². The fourth-order valence-electron chi connectivity index (χ4n) is 4.68. The first-order chi connectivity index (χ1) is 15.5. The summed E-state index contributed by atoms with van der Waals surface area (Å²) in [5, 5.41) is 3.13. The first kappa shape index (κ1) is 24.8. The van der Waals surface area contributed by atoms with Gasteiger partial charge in [0.25, 0.3) is 5.91 Å². The molecule has 1 N–H and O–H groups in total. The second-order valence-electron chi connectivity index (χ2n) is 9.32. The number of hydrogen-bond acceptors (Lipinski definition) is 6. The number of likely N-dealkylation sites (tertiary alicyclic amines) is 2. The highest BCUT2D eigenvalue weighted by Gasteiger charge is 2.24. The minimum Gasteiger partial charge on any atom is -0.493 e. The molecule has 2 heterocycles. The van der Waals surface area contributed by atoms with E-state index >= 15 is 0 Å². The Balaban J connectivity index is 1.54. The quantitative estimate of drug-likeness (QED) is 0.595. The molecule has 0 aliphatic carbocycles. The Morgan fingerprint density at radius 1 is 1.12 bits per heavy atom. The van der Waals surface area contributed by atoms with Crippen LogP contribution in [0.1, 0.15) is 49.9 Å². The Morgan fingerprint density at radius 3 is 2.59 bits per heavy atom. The lowest BCUT2D eigenvalue weighted by Crippen LogP contribution is -2.42. The second kappa shape index (κ2) is 12.4. The van der Waals surface area contributed by atoms with Crippen molar-refractivity contribution >= 4 is 5.91 Å². The number of benzene rings is 1. The van der Waals surface area contributed by atoms with E-state index in [1.807, 2.05) is 18.2 Å². The largest absolute Gasteiger partial charge is 0.493 e. The smallest absolute Gasteiger partial charge is 0.251 e. The van der Waals surface area contributed by atoms with E-state index in [1.54, 1.807) is 14.2 Å². The number of carbonyl (C=O) groups excluding carboxylic acids is 1. The van der Waals surface area contributed by atoms with Crippen LogP contribution in [0.15, 0.2) is 18.2 Å². The third kappa shape index (κ3) is 7.09. The number of amides is 1. The van der Waals surface area contributed by atoms with E-state index in [2.05, 4.69) is 29.0 Å². The van der Waals surface area contributed by atoms with Gasteiger partial charge in [0.1, 0.15) is 6.10 Å². The maximum Gasteiger partial charge on any atom is 0.251 e. The maximum absolute atomic E-state index is 12.9. The molecule has 2 fully saturated rings. The fourth-order valence-corrected chi connectivity index (χ4v) is 4.68. The van der Waals surface area contributed by atoms with Crippen molar-refractivity contribution in [2.75, 3.05) is 60.1 Å². The molecule has 1 aromatic carbocycles. The molecule has 0 bridgehead atoms. The summed E-state index contributed by atoms with van der Waals surface area (Å²) in [5.41, 5.74) is 0.618. The minimum absolute atomic E-state index is 0.0545. The Bertz CT molecular complexity index is 719. The summed E-state index contributed by atoms with van der Waals surface area (Å²) in [5.74, 6) is 1.76. The molecule has 32 heavy (non-hydrogen) atoms. The normalized spacial score (nSPS) is 21.0. The summed E-state index contributed by atoms with van der Waals surface area (Å²) in [6.07, 6.45) is 4.44. The van der Waals surface area contributed by atoms with Crippen LogP contribution in [-0.4, -0.2) is 87.9 Å². The van der Waals surface area contributed by atoms with Gasteiger partial charge in [-0.2, -0.15) is 0 Å². The van der Waals surface area contributed by atoms with E-state index in [4.69, 9.17) is 14.2 Å². The highest BCUT2D eigenvalue weighted by Crippen LogP contribution is 2.31. The van der Waals surface area contributed by atoms with E-state index in [0.717, 1.165) is 58.6 Å². The summed E-state index contributed by atoms with van der Waals surface area (Å²) in [6, 6.07) is 6.04. The summed E-state index contributed by atoms with van der Waals surface area (Å²) >= 11 is 0. The van der Waals surface area contributed by atoms with Crippen molar-refractivity contribution in [3.63, 3.8) is 0 Å². The molecule has 2 aliphatic rings. The third-order valence-electron chi connectivity index (χ3n) is 6.69. The third-order valence-corrected chi connectivity index (χ3v) is 6.69. The Labute approximate surface area is 193 Å². The number of nitrogens with one attached hydrogen (secondary N) is 1. The van der Waals surface area contributed by atoms with Crippen LogP contribution in [0.3, 0.4) is 0 Å². The van der Waals surface area contributed by atoms with Crippen LogP contribution in [-0.2, 0) is 4.74 Å². The summed E-state index contributed by atoms with van der Waals surface area (Å²) in [6.45, 7) is 11.1. The van der Waals surface area contributed by atoms with Gasteiger partial charge in [-0.25, -0.2) is 0 Å². The molecule has 7 nitrogen and oxygen atoms in total. The molecule has 0 aromatic heterocycles. The molecule has 1 amide bonds. The minimum atomic E-state index is -0.0545. The average Bonchev–Trinajstić information content (AvgIpc) is 2.81. The van der Waals surface area contributed by atoms with E-state index < -0.39 is 0 Å². The number of ether oxygens (including phenoxy) is 3. The van der Waals surface area contributed by atoms with Crippen molar-refractivity contribution in [3.05, 3.63) is 23.8 Å². The van der Waals surface area contributed by atoms with E-state index in [9.17, 15) is 4.79 Å². The lowest BCUT2D eigenvalue weighted by molar-refractivity contribution is 0.0817. The van der Waals surface area contributed by atoms with Crippen LogP contribution < -0.4 is 14.8 Å². The molecule has 1 unspecified atom stereocenters. The van der Waals surface area contributed by atoms with Crippen molar-refractivity contribution in [1.82, 2.24) is 15.1 Å². The van der Waals surface area contributed by atoms with Crippen LogP contribution in [0.2, 0.25) is 0 Å². The van der Waals surface area contributed by atoms with Crippen LogP contribution in [0, 0.1) is 5.92 Å². The van der Waals surface area contributed by atoms with Crippen LogP contribution in [0.25, 0.3) is 0 Å². The molecule has 0 spiro atoms. The van der Waals surface area contributed by atoms with Gasteiger partial charge in [-0.05, 0) is 70.2 Å². The van der Waals surface area contributed by atoms with E-state index in [1.165, 1.54) is 6.42 Å². The topological polar surface area (TPSA) is 63.3 Å². The summed E-state index contributed by atoms with van der Waals surface area (Å²) < 4.78 is 17.0. The predicted molar refractivity (Wildman–Crippen MR) is 127 cm³/mol.